The van der Waals surface area contributed by atoms with Crippen LogP contribution in [-0.4, -0.2) is 32.1 Å². The van der Waals surface area contributed by atoms with Crippen LogP contribution in [0.5, 0.6) is 5.75 Å². The molecule has 0 atom stereocenters. The van der Waals surface area contributed by atoms with Crippen LogP contribution in [-0.2, 0) is 13.0 Å². The van der Waals surface area contributed by atoms with Gasteiger partial charge in [0.15, 0.2) is 0 Å². The van der Waals surface area contributed by atoms with Crippen LogP contribution in [0, 0.1) is 0 Å². The average molecular weight is 273 g/mol. The van der Waals surface area contributed by atoms with E-state index in [1.54, 1.807) is 0 Å². The van der Waals surface area contributed by atoms with E-state index in [9.17, 15) is 0 Å². The van der Waals surface area contributed by atoms with Gasteiger partial charge in [-0.15, -0.1) is 12.4 Å². The van der Waals surface area contributed by atoms with Crippen molar-refractivity contribution in [3.05, 3.63) is 29.3 Å². The zero-order valence-corrected chi connectivity index (χ0v) is 12.4. The van der Waals surface area contributed by atoms with Gasteiger partial charge in [0.1, 0.15) is 5.75 Å². The smallest absolute Gasteiger partial charge is 0.122 e. The SMILES string of the molecule is CCOc1ccc(CN(C)C)cc1CCCN.Cl. The van der Waals surface area contributed by atoms with Gasteiger partial charge in [-0.1, -0.05) is 12.1 Å². The van der Waals surface area contributed by atoms with Crippen LogP contribution in [0.1, 0.15) is 24.5 Å². The lowest BCUT2D eigenvalue weighted by Crippen LogP contribution is -2.11. The maximum Gasteiger partial charge on any atom is 0.122 e. The number of hydrogen-bond acceptors (Lipinski definition) is 3. The van der Waals surface area contributed by atoms with E-state index in [0.717, 1.165) is 31.7 Å². The Labute approximate surface area is 117 Å². The van der Waals surface area contributed by atoms with Crippen LogP contribution >= 0.6 is 12.4 Å². The van der Waals surface area contributed by atoms with Gasteiger partial charge in [-0.2, -0.15) is 0 Å². The van der Waals surface area contributed by atoms with Crippen LogP contribution in [0.25, 0.3) is 0 Å². The van der Waals surface area contributed by atoms with Crippen molar-refractivity contribution in [2.45, 2.75) is 26.3 Å². The highest BCUT2D eigenvalue weighted by molar-refractivity contribution is 5.85. The molecule has 0 amide bonds. The molecular weight excluding hydrogens is 248 g/mol. The molecule has 0 bridgehead atoms. The van der Waals surface area contributed by atoms with Gasteiger partial charge in [0, 0.05) is 6.54 Å². The molecule has 0 radical (unpaired) electrons. The van der Waals surface area contributed by atoms with Crippen molar-refractivity contribution in [2.24, 2.45) is 5.73 Å². The van der Waals surface area contributed by atoms with E-state index >= 15 is 0 Å². The first kappa shape index (κ1) is 17.2. The fourth-order valence-electron chi connectivity index (χ4n) is 1.88. The molecule has 0 saturated heterocycles. The lowest BCUT2D eigenvalue weighted by Gasteiger charge is -2.14. The Kier molecular flexibility index (Phi) is 8.81. The van der Waals surface area contributed by atoms with E-state index in [2.05, 4.69) is 37.2 Å². The Balaban J connectivity index is 0.00000289. The zero-order chi connectivity index (χ0) is 12.7. The second-order valence-electron chi connectivity index (χ2n) is 4.51. The zero-order valence-electron chi connectivity index (χ0n) is 11.6. The molecule has 0 spiro atoms. The first-order valence-electron chi connectivity index (χ1n) is 6.26. The highest BCUT2D eigenvalue weighted by Gasteiger charge is 2.05. The fourth-order valence-corrected chi connectivity index (χ4v) is 1.88. The van der Waals surface area contributed by atoms with Crippen molar-refractivity contribution in [1.29, 1.82) is 0 Å². The molecule has 0 saturated carbocycles. The van der Waals surface area contributed by atoms with E-state index in [-0.39, 0.29) is 12.4 Å². The molecule has 0 unspecified atom stereocenters. The first-order valence-corrected chi connectivity index (χ1v) is 6.26. The molecule has 0 heterocycles. The largest absolute Gasteiger partial charge is 0.494 e. The van der Waals surface area contributed by atoms with Crippen molar-refractivity contribution >= 4 is 12.4 Å². The predicted molar refractivity (Wildman–Crippen MR) is 79.6 cm³/mol. The molecule has 1 aromatic rings. The Morgan fingerprint density at radius 1 is 1.28 bits per heavy atom. The quantitative estimate of drug-likeness (QED) is 0.829. The van der Waals surface area contributed by atoms with Gasteiger partial charge in [-0.05, 0) is 57.6 Å². The van der Waals surface area contributed by atoms with Crippen molar-refractivity contribution in [3.8, 4) is 5.75 Å². The second kappa shape index (κ2) is 9.20. The second-order valence-corrected chi connectivity index (χ2v) is 4.51. The van der Waals surface area contributed by atoms with Crippen molar-refractivity contribution < 1.29 is 4.74 Å². The molecule has 0 aromatic heterocycles. The summed E-state index contributed by atoms with van der Waals surface area (Å²) in [7, 11) is 4.16. The molecule has 4 heteroatoms. The lowest BCUT2D eigenvalue weighted by molar-refractivity contribution is 0.335. The average Bonchev–Trinajstić information content (AvgIpc) is 2.28. The van der Waals surface area contributed by atoms with Crippen LogP contribution in [0.15, 0.2) is 18.2 Å². The predicted octanol–water partition coefficient (Wildman–Crippen LogP) is 2.46. The van der Waals surface area contributed by atoms with Gasteiger partial charge in [-0.25, -0.2) is 0 Å². The Morgan fingerprint density at radius 2 is 2.00 bits per heavy atom. The van der Waals surface area contributed by atoms with Crippen LogP contribution < -0.4 is 10.5 Å². The van der Waals surface area contributed by atoms with Crippen LogP contribution in [0.4, 0.5) is 0 Å². The Hall–Kier alpha value is -0.770. The molecule has 1 aromatic carbocycles. The molecule has 2 N–H and O–H groups in total. The molecule has 0 aliphatic rings. The van der Waals surface area contributed by atoms with Crippen LogP contribution in [0.3, 0.4) is 0 Å². The summed E-state index contributed by atoms with van der Waals surface area (Å²) < 4.78 is 5.64. The number of rotatable bonds is 7. The highest BCUT2D eigenvalue weighted by atomic mass is 35.5. The summed E-state index contributed by atoms with van der Waals surface area (Å²) in [6.45, 7) is 4.41. The van der Waals surface area contributed by atoms with E-state index in [1.165, 1.54) is 11.1 Å². The summed E-state index contributed by atoms with van der Waals surface area (Å²) in [6, 6.07) is 6.45. The standard InChI is InChI=1S/C14H24N2O.ClH/c1-4-17-14-8-7-12(11-16(2)3)10-13(14)6-5-9-15;/h7-8,10H,4-6,9,11,15H2,1-3H3;1H. The van der Waals surface area contributed by atoms with Crippen molar-refractivity contribution in [1.82, 2.24) is 4.90 Å². The summed E-state index contributed by atoms with van der Waals surface area (Å²) in [6.07, 6.45) is 2.00. The summed E-state index contributed by atoms with van der Waals surface area (Å²) in [4.78, 5) is 2.17. The van der Waals surface area contributed by atoms with E-state index in [0.29, 0.717) is 6.61 Å². The summed E-state index contributed by atoms with van der Waals surface area (Å²) >= 11 is 0. The van der Waals surface area contributed by atoms with Gasteiger partial charge in [0.05, 0.1) is 6.61 Å². The molecule has 104 valence electrons. The number of nitrogens with two attached hydrogens (primary N) is 1. The fraction of sp³-hybridized carbons (Fsp3) is 0.571. The third-order valence-corrected chi connectivity index (χ3v) is 2.57. The van der Waals surface area contributed by atoms with E-state index in [4.69, 9.17) is 10.5 Å². The normalized spacial score (nSPS) is 10.3. The van der Waals surface area contributed by atoms with Gasteiger partial charge in [0.25, 0.3) is 0 Å². The number of ether oxygens (including phenoxy) is 1. The van der Waals surface area contributed by atoms with Gasteiger partial charge >= 0.3 is 0 Å². The molecule has 0 aliphatic heterocycles. The number of aryl methyl sites for hydroxylation is 1. The Bertz CT molecular complexity index is 343. The highest BCUT2D eigenvalue weighted by Crippen LogP contribution is 2.22. The summed E-state index contributed by atoms with van der Waals surface area (Å²) in [5.74, 6) is 1.00. The number of halogens is 1. The van der Waals surface area contributed by atoms with Crippen molar-refractivity contribution in [3.63, 3.8) is 0 Å². The third-order valence-electron chi connectivity index (χ3n) is 2.57. The minimum Gasteiger partial charge on any atom is -0.494 e. The van der Waals surface area contributed by atoms with Crippen molar-refractivity contribution in [2.75, 3.05) is 27.2 Å². The van der Waals surface area contributed by atoms with E-state index < -0.39 is 0 Å². The molecule has 0 aliphatic carbocycles. The molecule has 1 rings (SSSR count). The van der Waals surface area contributed by atoms with Gasteiger partial charge in [0.2, 0.25) is 0 Å². The summed E-state index contributed by atoms with van der Waals surface area (Å²) in [5, 5.41) is 0. The Morgan fingerprint density at radius 3 is 2.56 bits per heavy atom. The minimum absolute atomic E-state index is 0. The third kappa shape index (κ3) is 5.71. The summed E-state index contributed by atoms with van der Waals surface area (Å²) in [5.41, 5.74) is 8.17. The lowest BCUT2D eigenvalue weighted by atomic mass is 10.0. The van der Waals surface area contributed by atoms with Gasteiger partial charge < -0.3 is 15.4 Å². The maximum absolute atomic E-state index is 5.64. The van der Waals surface area contributed by atoms with E-state index in [1.807, 2.05) is 6.92 Å². The first-order chi connectivity index (χ1) is 8.17. The maximum atomic E-state index is 5.64. The van der Waals surface area contributed by atoms with Crippen LogP contribution in [0.2, 0.25) is 0 Å². The molecule has 18 heavy (non-hydrogen) atoms. The minimum atomic E-state index is 0. The number of hydrogen-bond donors (Lipinski definition) is 1. The molecule has 0 fully saturated rings. The monoisotopic (exact) mass is 272 g/mol. The molecule has 3 nitrogen and oxygen atoms in total. The number of nitrogens with zero attached hydrogens (tertiary/aromatic N) is 1. The molecular formula is C14H25ClN2O. The number of benzene rings is 1. The van der Waals surface area contributed by atoms with Gasteiger partial charge in [-0.3, -0.25) is 0 Å². The topological polar surface area (TPSA) is 38.5 Å².